The lowest BCUT2D eigenvalue weighted by Gasteiger charge is -2.21. The Morgan fingerprint density at radius 1 is 1.33 bits per heavy atom. The second-order valence-corrected chi connectivity index (χ2v) is 6.03. The van der Waals surface area contributed by atoms with Crippen LogP contribution in [0, 0.1) is 12.8 Å². The topological polar surface area (TPSA) is 29.1 Å². The molecule has 0 unspecified atom stereocenters. The number of hydrogen-bond acceptors (Lipinski definition) is 1. The zero-order valence-corrected chi connectivity index (χ0v) is 12.4. The number of nitrogens with one attached hydrogen (secondary N) is 1. The Hall–Kier alpha value is -0.830. The molecule has 1 N–H and O–H groups in total. The summed E-state index contributed by atoms with van der Waals surface area (Å²) in [5.41, 5.74) is 1.89. The van der Waals surface area contributed by atoms with Gasteiger partial charge in [-0.05, 0) is 43.4 Å². The molecular weight excluding hydrogens is 290 g/mol. The molecule has 2 nitrogen and oxygen atoms in total. The highest BCUT2D eigenvalue weighted by Gasteiger charge is 2.15. The van der Waals surface area contributed by atoms with Gasteiger partial charge < -0.3 is 5.32 Å². The average molecular weight is 310 g/mol. The van der Waals surface area contributed by atoms with Crippen LogP contribution in [0.25, 0.3) is 0 Å². The molecule has 1 aromatic rings. The van der Waals surface area contributed by atoms with Crippen LogP contribution in [-0.2, 0) is 0 Å². The number of hydrogen-bond donors (Lipinski definition) is 1. The van der Waals surface area contributed by atoms with Gasteiger partial charge in [-0.1, -0.05) is 41.3 Å². The third kappa shape index (κ3) is 3.58. The molecule has 0 heterocycles. The van der Waals surface area contributed by atoms with Crippen molar-refractivity contribution in [1.82, 2.24) is 5.32 Å². The van der Waals surface area contributed by atoms with Crippen LogP contribution < -0.4 is 5.32 Å². The monoisotopic (exact) mass is 309 g/mol. The molecule has 1 aliphatic carbocycles. The number of aryl methyl sites for hydroxylation is 1. The van der Waals surface area contributed by atoms with Crippen molar-refractivity contribution in [2.24, 2.45) is 5.92 Å². The quantitative estimate of drug-likeness (QED) is 0.896. The Kier molecular flexibility index (Phi) is 4.81. The summed E-state index contributed by atoms with van der Waals surface area (Å²) in [5.74, 6) is 0.720. The maximum atomic E-state index is 12.0. The van der Waals surface area contributed by atoms with Crippen molar-refractivity contribution in [3.8, 4) is 0 Å². The minimum atomic E-state index is 0.0428. The molecule has 0 bridgehead atoms. The summed E-state index contributed by atoms with van der Waals surface area (Å²) in [7, 11) is 0. The van der Waals surface area contributed by atoms with Crippen LogP contribution in [0.5, 0.6) is 0 Å². The highest BCUT2D eigenvalue weighted by Crippen LogP contribution is 2.23. The summed E-state index contributed by atoms with van der Waals surface area (Å²) >= 11 is 3.46. The second-order valence-electron chi connectivity index (χ2n) is 5.18. The van der Waals surface area contributed by atoms with Crippen molar-refractivity contribution in [2.45, 2.75) is 39.0 Å². The van der Waals surface area contributed by atoms with Crippen LogP contribution in [0.15, 0.2) is 22.7 Å². The summed E-state index contributed by atoms with van der Waals surface area (Å²) in [5, 5.41) is 3.06. The molecule has 0 aliphatic heterocycles. The van der Waals surface area contributed by atoms with Crippen LogP contribution in [0.3, 0.4) is 0 Å². The van der Waals surface area contributed by atoms with E-state index in [1.807, 2.05) is 25.1 Å². The Labute approximate surface area is 117 Å². The maximum Gasteiger partial charge on any atom is 0.251 e. The van der Waals surface area contributed by atoms with Gasteiger partial charge in [0.05, 0.1) is 0 Å². The molecule has 1 saturated carbocycles. The second kappa shape index (κ2) is 6.37. The normalized spacial score (nSPS) is 16.6. The van der Waals surface area contributed by atoms with E-state index < -0.39 is 0 Å². The number of halogens is 1. The van der Waals surface area contributed by atoms with Crippen LogP contribution >= 0.6 is 15.9 Å². The van der Waals surface area contributed by atoms with Crippen molar-refractivity contribution in [3.05, 3.63) is 33.8 Å². The predicted octanol–water partition coefficient (Wildman–Crippen LogP) is 4.07. The minimum absolute atomic E-state index is 0.0428. The number of carbonyl (C=O) groups excluding carboxylic acids is 1. The number of amides is 1. The van der Waals surface area contributed by atoms with E-state index in [1.165, 1.54) is 32.1 Å². The van der Waals surface area contributed by atoms with E-state index in [9.17, 15) is 4.79 Å². The van der Waals surface area contributed by atoms with Crippen molar-refractivity contribution in [2.75, 3.05) is 6.54 Å². The van der Waals surface area contributed by atoms with Gasteiger partial charge in [0.1, 0.15) is 0 Å². The van der Waals surface area contributed by atoms with E-state index in [-0.39, 0.29) is 5.91 Å². The molecule has 2 rings (SSSR count). The van der Waals surface area contributed by atoms with Crippen molar-refractivity contribution < 1.29 is 4.79 Å². The summed E-state index contributed by atoms with van der Waals surface area (Å²) in [6, 6.07) is 5.75. The van der Waals surface area contributed by atoms with Crippen LogP contribution in [-0.4, -0.2) is 12.5 Å². The van der Waals surface area contributed by atoms with Crippen LogP contribution in [0.4, 0.5) is 0 Å². The van der Waals surface area contributed by atoms with Crippen molar-refractivity contribution >= 4 is 21.8 Å². The van der Waals surface area contributed by atoms with Gasteiger partial charge >= 0.3 is 0 Å². The highest BCUT2D eigenvalue weighted by molar-refractivity contribution is 9.10. The Morgan fingerprint density at radius 3 is 2.72 bits per heavy atom. The fourth-order valence-electron chi connectivity index (χ4n) is 2.46. The molecule has 98 valence electrons. The van der Waals surface area contributed by atoms with Gasteiger partial charge in [0.15, 0.2) is 0 Å². The SMILES string of the molecule is Cc1ccc(C(=O)NCC2CCCCC2)cc1Br. The number of rotatable bonds is 3. The van der Waals surface area contributed by atoms with E-state index in [0.29, 0.717) is 5.92 Å². The Balaban J connectivity index is 1.88. The zero-order chi connectivity index (χ0) is 13.0. The molecule has 0 radical (unpaired) electrons. The molecule has 0 spiro atoms. The lowest BCUT2D eigenvalue weighted by Crippen LogP contribution is -2.30. The molecule has 1 aromatic carbocycles. The molecule has 0 aromatic heterocycles. The molecule has 0 atom stereocenters. The fourth-order valence-corrected chi connectivity index (χ4v) is 2.84. The summed E-state index contributed by atoms with van der Waals surface area (Å²) in [6.45, 7) is 2.85. The molecule has 1 fully saturated rings. The molecule has 0 saturated heterocycles. The van der Waals surface area contributed by atoms with Gasteiger partial charge in [-0.3, -0.25) is 4.79 Å². The number of benzene rings is 1. The molecule has 18 heavy (non-hydrogen) atoms. The summed E-state index contributed by atoms with van der Waals surface area (Å²) in [6.07, 6.45) is 6.51. The standard InChI is InChI=1S/C15H20BrNO/c1-11-7-8-13(9-14(11)16)15(18)17-10-12-5-3-2-4-6-12/h7-9,12H,2-6,10H2,1H3,(H,17,18). The zero-order valence-electron chi connectivity index (χ0n) is 10.8. The average Bonchev–Trinajstić information content (AvgIpc) is 2.40. The van der Waals surface area contributed by atoms with Gasteiger partial charge in [0.25, 0.3) is 5.91 Å². The maximum absolute atomic E-state index is 12.0. The van der Waals surface area contributed by atoms with Gasteiger partial charge in [0, 0.05) is 16.6 Å². The Morgan fingerprint density at radius 2 is 2.06 bits per heavy atom. The first-order valence-corrected chi connectivity index (χ1v) is 7.50. The van der Waals surface area contributed by atoms with Crippen molar-refractivity contribution in [1.29, 1.82) is 0 Å². The van der Waals surface area contributed by atoms with E-state index in [0.717, 1.165) is 22.1 Å². The van der Waals surface area contributed by atoms with E-state index in [2.05, 4.69) is 21.2 Å². The Bertz CT molecular complexity index is 425. The third-order valence-electron chi connectivity index (χ3n) is 3.71. The van der Waals surface area contributed by atoms with E-state index >= 15 is 0 Å². The smallest absolute Gasteiger partial charge is 0.251 e. The molecule has 3 heteroatoms. The van der Waals surface area contributed by atoms with Gasteiger partial charge in [-0.15, -0.1) is 0 Å². The summed E-state index contributed by atoms with van der Waals surface area (Å²) in [4.78, 5) is 12.0. The van der Waals surface area contributed by atoms with Crippen LogP contribution in [0.2, 0.25) is 0 Å². The molecule has 1 amide bonds. The van der Waals surface area contributed by atoms with Crippen LogP contribution in [0.1, 0.15) is 48.0 Å². The number of carbonyl (C=O) groups is 1. The lowest BCUT2D eigenvalue weighted by atomic mass is 9.89. The van der Waals surface area contributed by atoms with Gasteiger partial charge in [-0.2, -0.15) is 0 Å². The minimum Gasteiger partial charge on any atom is -0.352 e. The highest BCUT2D eigenvalue weighted by atomic mass is 79.9. The van der Waals surface area contributed by atoms with Crippen molar-refractivity contribution in [3.63, 3.8) is 0 Å². The van der Waals surface area contributed by atoms with Gasteiger partial charge in [0.2, 0.25) is 0 Å². The molecule has 1 aliphatic rings. The lowest BCUT2D eigenvalue weighted by molar-refractivity contribution is 0.0943. The predicted molar refractivity (Wildman–Crippen MR) is 77.8 cm³/mol. The first kappa shape index (κ1) is 13.6. The molecular formula is C15H20BrNO. The third-order valence-corrected chi connectivity index (χ3v) is 4.56. The van der Waals surface area contributed by atoms with E-state index in [1.54, 1.807) is 0 Å². The summed E-state index contributed by atoms with van der Waals surface area (Å²) < 4.78 is 0.993. The first-order chi connectivity index (χ1) is 8.66. The largest absolute Gasteiger partial charge is 0.352 e. The first-order valence-electron chi connectivity index (χ1n) is 6.71. The van der Waals surface area contributed by atoms with E-state index in [4.69, 9.17) is 0 Å². The van der Waals surface area contributed by atoms with Gasteiger partial charge in [-0.25, -0.2) is 0 Å². The fraction of sp³-hybridized carbons (Fsp3) is 0.533.